The molecule has 8 nitrogen and oxygen atoms in total. The molecule has 0 spiro atoms. The standard InChI is InChI=1S/C31H29F3N6O2S/c1-19-16-20(2)26(21(3)17-19)39-14-15-43-29(39)36-28(41)37-30(12-13-30)23-6-4-22(5-7-23)27-35-18-40(38-27)24-8-10-25(11-9-24)42-31(32,33)34/h4-11,16-18H,12-15H2,1-3H3,(H,37,41)/b36-29-. The van der Waals surface area contributed by atoms with Crippen molar-refractivity contribution in [2.45, 2.75) is 45.5 Å². The van der Waals surface area contributed by atoms with Crippen LogP contribution in [0.3, 0.4) is 0 Å². The SMILES string of the molecule is Cc1cc(C)c(N2CCS/C2=N\C(=O)NC2(c3ccc(-c4ncn(-c5ccc(OC(F)(F)F)cc5)n4)cc3)CC2)c(C)c1. The first-order valence-electron chi connectivity index (χ1n) is 13.8. The molecule has 2 amide bonds. The van der Waals surface area contributed by atoms with E-state index in [1.54, 1.807) is 11.8 Å². The maximum absolute atomic E-state index is 13.1. The summed E-state index contributed by atoms with van der Waals surface area (Å²) in [6, 6.07) is 17.0. The van der Waals surface area contributed by atoms with Gasteiger partial charge < -0.3 is 15.0 Å². The molecular weight excluding hydrogens is 577 g/mol. The second-order valence-electron chi connectivity index (χ2n) is 10.8. The first-order valence-corrected chi connectivity index (χ1v) is 14.8. The van der Waals surface area contributed by atoms with Gasteiger partial charge in [-0.2, -0.15) is 4.99 Å². The van der Waals surface area contributed by atoms with Gasteiger partial charge in [0.25, 0.3) is 0 Å². The van der Waals surface area contributed by atoms with Crippen molar-refractivity contribution < 1.29 is 22.7 Å². The number of hydrogen-bond acceptors (Lipinski definition) is 5. The zero-order valence-electron chi connectivity index (χ0n) is 23.8. The molecule has 1 saturated carbocycles. The highest BCUT2D eigenvalue weighted by atomic mass is 32.2. The fraction of sp³-hybridized carbons (Fsp3) is 0.290. The minimum atomic E-state index is -4.75. The first-order chi connectivity index (χ1) is 20.5. The lowest BCUT2D eigenvalue weighted by Crippen LogP contribution is -2.34. The average molecular weight is 607 g/mol. The van der Waals surface area contributed by atoms with Crippen LogP contribution in [0, 0.1) is 20.8 Å². The van der Waals surface area contributed by atoms with Crippen LogP contribution in [0.4, 0.5) is 23.7 Å². The molecule has 2 heterocycles. The maximum atomic E-state index is 13.1. The molecule has 6 rings (SSSR count). The topological polar surface area (TPSA) is 84.6 Å². The molecule has 1 aromatic heterocycles. The summed E-state index contributed by atoms with van der Waals surface area (Å²) in [5.74, 6) is 1.02. The molecule has 1 aliphatic heterocycles. The Kier molecular flexibility index (Phi) is 7.41. The van der Waals surface area contributed by atoms with Crippen LogP contribution < -0.4 is 15.0 Å². The first kappa shape index (κ1) is 28.8. The van der Waals surface area contributed by atoms with Gasteiger partial charge in [-0.3, -0.25) is 0 Å². The summed E-state index contributed by atoms with van der Waals surface area (Å²) in [6.07, 6.45) is -1.62. The number of thioether (sulfide) groups is 1. The third kappa shape index (κ3) is 6.24. The highest BCUT2D eigenvalue weighted by Gasteiger charge is 2.46. The molecule has 4 aromatic rings. The van der Waals surface area contributed by atoms with E-state index < -0.39 is 11.9 Å². The number of aliphatic imine (C=N–C) groups is 1. The van der Waals surface area contributed by atoms with E-state index >= 15 is 0 Å². The highest BCUT2D eigenvalue weighted by molar-refractivity contribution is 8.14. The van der Waals surface area contributed by atoms with Crippen molar-refractivity contribution in [1.82, 2.24) is 20.1 Å². The second kappa shape index (κ2) is 11.1. The van der Waals surface area contributed by atoms with Crippen molar-refractivity contribution in [1.29, 1.82) is 0 Å². The lowest BCUT2D eigenvalue weighted by molar-refractivity contribution is -0.274. The number of benzene rings is 3. The number of halogens is 3. The summed E-state index contributed by atoms with van der Waals surface area (Å²) in [6.45, 7) is 7.06. The third-order valence-corrected chi connectivity index (χ3v) is 8.45. The quantitative estimate of drug-likeness (QED) is 0.253. The van der Waals surface area contributed by atoms with Gasteiger partial charge in [0.05, 0.1) is 11.2 Å². The van der Waals surface area contributed by atoms with Crippen LogP contribution in [0.25, 0.3) is 17.1 Å². The molecule has 1 saturated heterocycles. The van der Waals surface area contributed by atoms with E-state index in [2.05, 4.69) is 62.9 Å². The number of hydrogen-bond donors (Lipinski definition) is 1. The van der Waals surface area contributed by atoms with E-state index in [0.29, 0.717) is 16.7 Å². The zero-order chi connectivity index (χ0) is 30.4. The Hall–Kier alpha value is -4.32. The number of amides is 2. The Bertz CT molecular complexity index is 1670. The van der Waals surface area contributed by atoms with Crippen LogP contribution in [-0.2, 0) is 5.54 Å². The van der Waals surface area contributed by atoms with E-state index in [4.69, 9.17) is 0 Å². The third-order valence-electron chi connectivity index (χ3n) is 7.50. The molecule has 1 aliphatic carbocycles. The molecule has 12 heteroatoms. The van der Waals surface area contributed by atoms with Crippen molar-refractivity contribution in [2.75, 3.05) is 17.2 Å². The molecule has 0 atom stereocenters. The number of urea groups is 1. The number of anilines is 1. The number of alkyl halides is 3. The van der Waals surface area contributed by atoms with Crippen molar-refractivity contribution in [3.8, 4) is 22.8 Å². The number of aryl methyl sites for hydroxylation is 3. The monoisotopic (exact) mass is 606 g/mol. The van der Waals surface area contributed by atoms with Gasteiger partial charge in [0.15, 0.2) is 11.0 Å². The van der Waals surface area contributed by atoms with Gasteiger partial charge in [-0.15, -0.1) is 18.3 Å². The van der Waals surface area contributed by atoms with Crippen LogP contribution >= 0.6 is 11.8 Å². The number of aromatic nitrogens is 3. The summed E-state index contributed by atoms with van der Waals surface area (Å²) < 4.78 is 42.7. The van der Waals surface area contributed by atoms with Gasteiger partial charge in [-0.05, 0) is 74.6 Å². The number of amidine groups is 1. The molecule has 0 radical (unpaired) electrons. The number of rotatable bonds is 6. The predicted octanol–water partition coefficient (Wildman–Crippen LogP) is 7.07. The van der Waals surface area contributed by atoms with E-state index in [1.165, 1.54) is 52.0 Å². The molecule has 2 fully saturated rings. The van der Waals surface area contributed by atoms with Gasteiger partial charge in [0.1, 0.15) is 12.1 Å². The second-order valence-corrected chi connectivity index (χ2v) is 11.8. The van der Waals surface area contributed by atoms with Crippen molar-refractivity contribution in [3.05, 3.63) is 89.2 Å². The Morgan fingerprint density at radius 2 is 1.70 bits per heavy atom. The minimum absolute atomic E-state index is 0.310. The molecule has 2 aliphatic rings. The Labute approximate surface area is 251 Å². The number of nitrogens with zero attached hydrogens (tertiary/aromatic N) is 5. The smallest absolute Gasteiger partial charge is 0.406 e. The fourth-order valence-corrected chi connectivity index (χ4v) is 6.43. The molecule has 1 N–H and O–H groups in total. The lowest BCUT2D eigenvalue weighted by atomic mass is 10.0. The van der Waals surface area contributed by atoms with Crippen LogP contribution in [0.1, 0.15) is 35.1 Å². The number of ether oxygens (including phenoxy) is 1. The molecule has 222 valence electrons. The van der Waals surface area contributed by atoms with Crippen molar-refractivity contribution in [3.63, 3.8) is 0 Å². The summed E-state index contributed by atoms with van der Waals surface area (Å²) in [5, 5.41) is 8.32. The molecule has 3 aromatic carbocycles. The molecule has 43 heavy (non-hydrogen) atoms. The van der Waals surface area contributed by atoms with Gasteiger partial charge in [-0.1, -0.05) is 53.7 Å². The van der Waals surface area contributed by atoms with Crippen molar-refractivity contribution in [2.24, 2.45) is 4.99 Å². The lowest BCUT2D eigenvalue weighted by Gasteiger charge is -2.23. The fourth-order valence-electron chi connectivity index (χ4n) is 5.49. The number of nitrogens with one attached hydrogen (secondary N) is 1. The van der Waals surface area contributed by atoms with Gasteiger partial charge in [0.2, 0.25) is 0 Å². The van der Waals surface area contributed by atoms with Crippen LogP contribution in [0.5, 0.6) is 5.75 Å². The van der Waals surface area contributed by atoms with E-state index in [-0.39, 0.29) is 11.8 Å². The average Bonchev–Trinajstić information content (AvgIpc) is 3.32. The largest absolute Gasteiger partial charge is 0.573 e. The summed E-state index contributed by atoms with van der Waals surface area (Å²) in [5.41, 5.74) is 6.48. The summed E-state index contributed by atoms with van der Waals surface area (Å²) in [4.78, 5) is 24.1. The van der Waals surface area contributed by atoms with Gasteiger partial charge in [-0.25, -0.2) is 14.5 Å². The van der Waals surface area contributed by atoms with Crippen LogP contribution in [0.2, 0.25) is 0 Å². The Morgan fingerprint density at radius 1 is 1.02 bits per heavy atom. The van der Waals surface area contributed by atoms with Crippen molar-refractivity contribution >= 4 is 28.6 Å². The zero-order valence-corrected chi connectivity index (χ0v) is 24.6. The normalized spacial score (nSPS) is 16.9. The molecular formula is C31H29F3N6O2S. The van der Waals surface area contributed by atoms with E-state index in [0.717, 1.165) is 42.0 Å². The Balaban J connectivity index is 1.13. The minimum Gasteiger partial charge on any atom is -0.406 e. The maximum Gasteiger partial charge on any atom is 0.573 e. The van der Waals surface area contributed by atoms with E-state index in [1.807, 2.05) is 24.3 Å². The number of carbonyl (C=O) groups is 1. The summed E-state index contributed by atoms with van der Waals surface area (Å²) in [7, 11) is 0. The summed E-state index contributed by atoms with van der Waals surface area (Å²) >= 11 is 1.59. The van der Waals surface area contributed by atoms with E-state index in [9.17, 15) is 18.0 Å². The Morgan fingerprint density at radius 3 is 2.33 bits per heavy atom. The highest BCUT2D eigenvalue weighted by Crippen LogP contribution is 2.46. The van der Waals surface area contributed by atoms with Crippen LogP contribution in [-0.4, -0.2) is 44.6 Å². The molecule has 0 unspecified atom stereocenters. The van der Waals surface area contributed by atoms with Gasteiger partial charge >= 0.3 is 12.4 Å². The molecule has 0 bridgehead atoms. The van der Waals surface area contributed by atoms with Gasteiger partial charge in [0, 0.05) is 23.5 Å². The number of carbonyl (C=O) groups excluding carboxylic acids is 1. The van der Waals surface area contributed by atoms with Crippen LogP contribution in [0.15, 0.2) is 72.0 Å². The predicted molar refractivity (Wildman–Crippen MR) is 161 cm³/mol.